The molecule has 0 aliphatic heterocycles. The lowest BCUT2D eigenvalue weighted by Gasteiger charge is -2.10. The van der Waals surface area contributed by atoms with E-state index < -0.39 is 10.0 Å². The largest absolute Gasteiger partial charge is 0.494 e. The highest BCUT2D eigenvalue weighted by Gasteiger charge is 2.14. The van der Waals surface area contributed by atoms with E-state index in [4.69, 9.17) is 16.3 Å². The minimum atomic E-state index is -3.66. The Morgan fingerprint density at radius 1 is 1.15 bits per heavy atom. The highest BCUT2D eigenvalue weighted by Crippen LogP contribution is 2.22. The van der Waals surface area contributed by atoms with Crippen LogP contribution in [-0.2, 0) is 10.0 Å². The van der Waals surface area contributed by atoms with Gasteiger partial charge in [-0.1, -0.05) is 23.7 Å². The fraction of sp³-hybridized carbons (Fsp3) is 0.143. The Bertz CT molecular complexity index is 701. The van der Waals surface area contributed by atoms with Crippen molar-refractivity contribution in [2.24, 2.45) is 0 Å². The molecule has 0 unspecified atom stereocenters. The Kier molecular flexibility index (Phi) is 4.52. The van der Waals surface area contributed by atoms with Crippen LogP contribution in [0.25, 0.3) is 0 Å². The third kappa shape index (κ3) is 3.65. The SMILES string of the molecule is CCOc1cccc(NS(=O)(=O)c2cccc(Cl)c2)c1. The van der Waals surface area contributed by atoms with E-state index in [1.165, 1.54) is 12.1 Å². The lowest BCUT2D eigenvalue weighted by atomic mass is 10.3. The Hall–Kier alpha value is -1.72. The predicted octanol–water partition coefficient (Wildman–Crippen LogP) is 3.54. The van der Waals surface area contributed by atoms with Crippen molar-refractivity contribution in [2.45, 2.75) is 11.8 Å². The van der Waals surface area contributed by atoms with Crippen LogP contribution in [0.1, 0.15) is 6.92 Å². The summed E-state index contributed by atoms with van der Waals surface area (Å²) in [6, 6.07) is 12.9. The van der Waals surface area contributed by atoms with Crippen LogP contribution in [0.3, 0.4) is 0 Å². The summed E-state index contributed by atoms with van der Waals surface area (Å²) < 4.78 is 32.2. The molecule has 0 bridgehead atoms. The van der Waals surface area contributed by atoms with E-state index in [1.807, 2.05) is 6.92 Å². The molecule has 0 amide bonds. The van der Waals surface area contributed by atoms with E-state index in [2.05, 4.69) is 4.72 Å². The average molecular weight is 312 g/mol. The quantitative estimate of drug-likeness (QED) is 0.919. The van der Waals surface area contributed by atoms with Crippen LogP contribution in [0.15, 0.2) is 53.4 Å². The number of halogens is 1. The summed E-state index contributed by atoms with van der Waals surface area (Å²) in [5.74, 6) is 0.610. The van der Waals surface area contributed by atoms with Gasteiger partial charge in [0.05, 0.1) is 17.2 Å². The minimum Gasteiger partial charge on any atom is -0.494 e. The Labute approximate surface area is 123 Å². The first-order valence-corrected chi connectivity index (χ1v) is 7.88. The fourth-order valence-corrected chi connectivity index (χ4v) is 3.01. The molecule has 0 aromatic heterocycles. The summed E-state index contributed by atoms with van der Waals surface area (Å²) >= 11 is 5.81. The molecule has 0 aliphatic carbocycles. The molecular formula is C14H14ClNO3S. The second-order valence-electron chi connectivity index (χ2n) is 4.02. The molecule has 0 fully saturated rings. The van der Waals surface area contributed by atoms with E-state index in [1.54, 1.807) is 36.4 Å². The Morgan fingerprint density at radius 3 is 2.60 bits per heavy atom. The summed E-state index contributed by atoms with van der Waals surface area (Å²) in [5, 5.41) is 0.371. The molecule has 1 N–H and O–H groups in total. The minimum absolute atomic E-state index is 0.117. The van der Waals surface area contributed by atoms with Crippen LogP contribution in [0, 0.1) is 0 Å². The van der Waals surface area contributed by atoms with Crippen molar-refractivity contribution in [3.8, 4) is 5.75 Å². The lowest BCUT2D eigenvalue weighted by Crippen LogP contribution is -2.12. The first-order chi connectivity index (χ1) is 9.51. The van der Waals surface area contributed by atoms with Gasteiger partial charge in [-0.2, -0.15) is 0 Å². The first-order valence-electron chi connectivity index (χ1n) is 6.02. The molecule has 0 spiro atoms. The predicted molar refractivity (Wildman–Crippen MR) is 79.9 cm³/mol. The van der Waals surface area contributed by atoms with Crippen molar-refractivity contribution in [3.63, 3.8) is 0 Å². The number of rotatable bonds is 5. The number of benzene rings is 2. The van der Waals surface area contributed by atoms with E-state index in [9.17, 15) is 8.42 Å². The van der Waals surface area contributed by atoms with Crippen LogP contribution in [0.4, 0.5) is 5.69 Å². The van der Waals surface area contributed by atoms with Crippen LogP contribution in [0.2, 0.25) is 5.02 Å². The van der Waals surface area contributed by atoms with Gasteiger partial charge in [0.25, 0.3) is 10.0 Å². The molecule has 4 nitrogen and oxygen atoms in total. The summed E-state index contributed by atoms with van der Waals surface area (Å²) in [4.78, 5) is 0.117. The number of anilines is 1. The van der Waals surface area contributed by atoms with E-state index >= 15 is 0 Å². The van der Waals surface area contributed by atoms with Crippen molar-refractivity contribution < 1.29 is 13.2 Å². The van der Waals surface area contributed by atoms with Gasteiger partial charge in [0, 0.05) is 11.1 Å². The molecule has 0 atom stereocenters. The van der Waals surface area contributed by atoms with Crippen LogP contribution in [0.5, 0.6) is 5.75 Å². The topological polar surface area (TPSA) is 55.4 Å². The molecule has 106 valence electrons. The monoisotopic (exact) mass is 311 g/mol. The number of ether oxygens (including phenoxy) is 1. The summed E-state index contributed by atoms with van der Waals surface area (Å²) in [6.45, 7) is 2.38. The molecule has 0 saturated carbocycles. The van der Waals surface area contributed by atoms with Gasteiger partial charge in [-0.25, -0.2) is 8.42 Å². The van der Waals surface area contributed by atoms with Crippen molar-refractivity contribution >= 4 is 27.3 Å². The van der Waals surface area contributed by atoms with Gasteiger partial charge >= 0.3 is 0 Å². The van der Waals surface area contributed by atoms with Crippen molar-refractivity contribution in [3.05, 3.63) is 53.6 Å². The molecule has 2 aromatic rings. The van der Waals surface area contributed by atoms with Gasteiger partial charge in [0.1, 0.15) is 5.75 Å². The molecule has 2 rings (SSSR count). The summed E-state index contributed by atoms with van der Waals surface area (Å²) in [6.07, 6.45) is 0. The van der Waals surface area contributed by atoms with Crippen molar-refractivity contribution in [1.82, 2.24) is 0 Å². The third-order valence-corrected chi connectivity index (χ3v) is 4.12. The maximum absolute atomic E-state index is 12.2. The van der Waals surface area contributed by atoms with Gasteiger partial charge in [-0.05, 0) is 37.3 Å². The molecule has 20 heavy (non-hydrogen) atoms. The van der Waals surface area contributed by atoms with Crippen LogP contribution >= 0.6 is 11.6 Å². The van der Waals surface area contributed by atoms with Gasteiger partial charge in [0.15, 0.2) is 0 Å². The normalized spacial score (nSPS) is 11.1. The Morgan fingerprint density at radius 2 is 1.90 bits per heavy atom. The second-order valence-corrected chi connectivity index (χ2v) is 6.14. The van der Waals surface area contributed by atoms with Gasteiger partial charge in [0.2, 0.25) is 0 Å². The van der Waals surface area contributed by atoms with Crippen LogP contribution in [-0.4, -0.2) is 15.0 Å². The van der Waals surface area contributed by atoms with Gasteiger partial charge in [-0.15, -0.1) is 0 Å². The summed E-state index contributed by atoms with van der Waals surface area (Å²) in [5.41, 5.74) is 0.441. The van der Waals surface area contributed by atoms with Crippen LogP contribution < -0.4 is 9.46 Å². The molecule has 2 aromatic carbocycles. The maximum atomic E-state index is 12.2. The fourth-order valence-electron chi connectivity index (χ4n) is 1.66. The van der Waals surface area contributed by atoms with Crippen molar-refractivity contribution in [1.29, 1.82) is 0 Å². The summed E-state index contributed by atoms with van der Waals surface area (Å²) in [7, 11) is -3.66. The number of hydrogen-bond donors (Lipinski definition) is 1. The highest BCUT2D eigenvalue weighted by molar-refractivity contribution is 7.92. The smallest absolute Gasteiger partial charge is 0.261 e. The Balaban J connectivity index is 2.26. The standard InChI is InChI=1S/C14H14ClNO3S/c1-2-19-13-7-4-6-12(10-13)16-20(17,18)14-8-3-5-11(15)9-14/h3-10,16H,2H2,1H3. The zero-order valence-corrected chi connectivity index (χ0v) is 12.4. The van der Waals surface area contributed by atoms with E-state index in [0.717, 1.165) is 0 Å². The second kappa shape index (κ2) is 6.15. The van der Waals surface area contributed by atoms with E-state index in [0.29, 0.717) is 23.1 Å². The average Bonchev–Trinajstić information content (AvgIpc) is 2.39. The molecule has 0 aliphatic rings. The molecule has 6 heteroatoms. The van der Waals surface area contributed by atoms with Crippen molar-refractivity contribution in [2.75, 3.05) is 11.3 Å². The molecule has 0 saturated heterocycles. The van der Waals surface area contributed by atoms with Gasteiger partial charge < -0.3 is 4.74 Å². The third-order valence-electron chi connectivity index (χ3n) is 2.50. The number of nitrogens with one attached hydrogen (secondary N) is 1. The number of hydrogen-bond acceptors (Lipinski definition) is 3. The number of sulfonamides is 1. The zero-order chi connectivity index (χ0) is 14.6. The molecule has 0 radical (unpaired) electrons. The zero-order valence-electron chi connectivity index (χ0n) is 10.8. The lowest BCUT2D eigenvalue weighted by molar-refractivity contribution is 0.340. The molecule has 0 heterocycles. The van der Waals surface area contributed by atoms with E-state index in [-0.39, 0.29) is 4.90 Å². The maximum Gasteiger partial charge on any atom is 0.261 e. The highest BCUT2D eigenvalue weighted by atomic mass is 35.5. The molecular weight excluding hydrogens is 298 g/mol. The first kappa shape index (κ1) is 14.7. The van der Waals surface area contributed by atoms with Gasteiger partial charge in [-0.3, -0.25) is 4.72 Å².